The van der Waals surface area contributed by atoms with Gasteiger partial charge in [0.1, 0.15) is 0 Å². The molecule has 0 fully saturated rings. The van der Waals surface area contributed by atoms with Gasteiger partial charge in [-0.25, -0.2) is 0 Å². The summed E-state index contributed by atoms with van der Waals surface area (Å²) in [5.41, 5.74) is 5.61. The molecule has 2 N–H and O–H groups in total. The molecule has 1 rings (SSSR count). The SMILES string of the molecule is CC(C(=O)c1cccc(Cl)c1)N(C)CC(N)=O. The number of amides is 1. The van der Waals surface area contributed by atoms with Gasteiger partial charge in [-0.05, 0) is 26.1 Å². The van der Waals surface area contributed by atoms with Crippen LogP contribution >= 0.6 is 11.6 Å². The molecule has 0 aliphatic rings. The maximum Gasteiger partial charge on any atom is 0.231 e. The number of nitrogens with two attached hydrogens (primary N) is 1. The molecule has 0 aliphatic heterocycles. The Morgan fingerprint density at radius 3 is 2.65 bits per heavy atom. The van der Waals surface area contributed by atoms with Crippen molar-refractivity contribution in [3.63, 3.8) is 0 Å². The van der Waals surface area contributed by atoms with Crippen molar-refractivity contribution >= 4 is 23.3 Å². The van der Waals surface area contributed by atoms with Gasteiger partial charge < -0.3 is 5.73 Å². The van der Waals surface area contributed by atoms with Crippen LogP contribution in [0.1, 0.15) is 17.3 Å². The minimum atomic E-state index is -0.460. The molecule has 1 amide bonds. The zero-order valence-corrected chi connectivity index (χ0v) is 10.6. The third kappa shape index (κ3) is 3.84. The summed E-state index contributed by atoms with van der Waals surface area (Å²) in [6.45, 7) is 1.78. The van der Waals surface area contributed by atoms with Crippen LogP contribution in [0.3, 0.4) is 0 Å². The van der Waals surface area contributed by atoms with Gasteiger partial charge in [-0.15, -0.1) is 0 Å². The molecule has 17 heavy (non-hydrogen) atoms. The summed E-state index contributed by atoms with van der Waals surface area (Å²) >= 11 is 5.82. The first-order valence-electron chi connectivity index (χ1n) is 5.20. The van der Waals surface area contributed by atoms with Gasteiger partial charge >= 0.3 is 0 Å². The molecular formula is C12H15ClN2O2. The third-order valence-electron chi connectivity index (χ3n) is 2.55. The number of benzene rings is 1. The number of rotatable bonds is 5. The largest absolute Gasteiger partial charge is 0.369 e. The topological polar surface area (TPSA) is 63.4 Å². The van der Waals surface area contributed by atoms with Gasteiger partial charge in [0.25, 0.3) is 0 Å². The van der Waals surface area contributed by atoms with E-state index in [0.717, 1.165) is 0 Å². The highest BCUT2D eigenvalue weighted by Gasteiger charge is 2.20. The standard InChI is InChI=1S/C12H15ClN2O2/c1-8(15(2)7-11(14)16)12(17)9-4-3-5-10(13)6-9/h3-6,8H,7H2,1-2H3,(H2,14,16). The molecular weight excluding hydrogens is 240 g/mol. The maximum atomic E-state index is 12.1. The number of hydrogen-bond donors (Lipinski definition) is 1. The van der Waals surface area contributed by atoms with E-state index in [0.29, 0.717) is 10.6 Å². The number of hydrogen-bond acceptors (Lipinski definition) is 3. The molecule has 0 saturated heterocycles. The molecule has 0 aliphatic carbocycles. The molecule has 0 radical (unpaired) electrons. The highest BCUT2D eigenvalue weighted by molar-refractivity contribution is 6.31. The first-order valence-corrected chi connectivity index (χ1v) is 5.58. The van der Waals surface area contributed by atoms with Crippen LogP contribution in [0.25, 0.3) is 0 Å². The van der Waals surface area contributed by atoms with E-state index in [9.17, 15) is 9.59 Å². The minimum absolute atomic E-state index is 0.0491. The van der Waals surface area contributed by atoms with E-state index in [2.05, 4.69) is 0 Å². The fourth-order valence-corrected chi connectivity index (χ4v) is 1.66. The molecule has 1 unspecified atom stereocenters. The molecule has 0 spiro atoms. The van der Waals surface area contributed by atoms with Crippen molar-refractivity contribution in [2.75, 3.05) is 13.6 Å². The van der Waals surface area contributed by atoms with Crippen LogP contribution in [0, 0.1) is 0 Å². The van der Waals surface area contributed by atoms with E-state index in [-0.39, 0.29) is 12.3 Å². The highest BCUT2D eigenvalue weighted by atomic mass is 35.5. The molecule has 0 bridgehead atoms. The average molecular weight is 255 g/mol. The monoisotopic (exact) mass is 254 g/mol. The lowest BCUT2D eigenvalue weighted by molar-refractivity contribution is -0.119. The van der Waals surface area contributed by atoms with E-state index in [1.54, 1.807) is 43.1 Å². The number of Topliss-reactive ketones (excluding diaryl/α,β-unsaturated/α-hetero) is 1. The second-order valence-electron chi connectivity index (χ2n) is 3.93. The first-order chi connectivity index (χ1) is 7.91. The van der Waals surface area contributed by atoms with Crippen LogP contribution in [0.5, 0.6) is 0 Å². The van der Waals surface area contributed by atoms with Crippen molar-refractivity contribution in [2.45, 2.75) is 13.0 Å². The number of nitrogens with zero attached hydrogens (tertiary/aromatic N) is 1. The van der Waals surface area contributed by atoms with Crippen molar-refractivity contribution in [1.29, 1.82) is 0 Å². The summed E-state index contributed by atoms with van der Waals surface area (Å²) in [5.74, 6) is -0.547. The Labute approximate surface area is 105 Å². The zero-order valence-electron chi connectivity index (χ0n) is 9.81. The van der Waals surface area contributed by atoms with E-state index in [4.69, 9.17) is 17.3 Å². The van der Waals surface area contributed by atoms with Gasteiger partial charge in [-0.2, -0.15) is 0 Å². The maximum absolute atomic E-state index is 12.1. The molecule has 0 aromatic heterocycles. The predicted octanol–water partition coefficient (Wildman–Crippen LogP) is 1.33. The van der Waals surface area contributed by atoms with Gasteiger partial charge in [0.2, 0.25) is 5.91 Å². The highest BCUT2D eigenvalue weighted by Crippen LogP contribution is 2.13. The number of primary amides is 1. The number of carbonyl (C=O) groups excluding carboxylic acids is 2. The van der Waals surface area contributed by atoms with Crippen molar-refractivity contribution in [1.82, 2.24) is 4.90 Å². The summed E-state index contributed by atoms with van der Waals surface area (Å²) < 4.78 is 0. The Morgan fingerprint density at radius 1 is 1.47 bits per heavy atom. The fraction of sp³-hybridized carbons (Fsp3) is 0.333. The van der Waals surface area contributed by atoms with Gasteiger partial charge in [-0.1, -0.05) is 23.7 Å². The van der Waals surface area contributed by atoms with E-state index in [1.807, 2.05) is 0 Å². The van der Waals surface area contributed by atoms with Gasteiger partial charge in [-0.3, -0.25) is 14.5 Å². The Balaban J connectivity index is 2.79. The van der Waals surface area contributed by atoms with Crippen LogP contribution in [0.2, 0.25) is 5.02 Å². The molecule has 0 heterocycles. The molecule has 0 saturated carbocycles. The number of likely N-dealkylation sites (N-methyl/N-ethyl adjacent to an activating group) is 1. The summed E-state index contributed by atoms with van der Waals surface area (Å²) in [7, 11) is 1.68. The Hall–Kier alpha value is -1.39. The molecule has 4 nitrogen and oxygen atoms in total. The van der Waals surface area contributed by atoms with E-state index < -0.39 is 11.9 Å². The normalized spacial score (nSPS) is 12.5. The summed E-state index contributed by atoms with van der Waals surface area (Å²) in [5, 5.41) is 0.514. The van der Waals surface area contributed by atoms with Crippen molar-refractivity contribution in [3.8, 4) is 0 Å². The van der Waals surface area contributed by atoms with Gasteiger partial charge in [0.15, 0.2) is 5.78 Å². The van der Waals surface area contributed by atoms with Crippen molar-refractivity contribution in [3.05, 3.63) is 34.9 Å². The molecule has 1 aromatic carbocycles. The first kappa shape index (κ1) is 13.7. The lowest BCUT2D eigenvalue weighted by Gasteiger charge is -2.21. The van der Waals surface area contributed by atoms with Crippen LogP contribution in [-0.2, 0) is 4.79 Å². The summed E-state index contributed by atoms with van der Waals surface area (Å²) in [6, 6.07) is 6.31. The second-order valence-corrected chi connectivity index (χ2v) is 4.37. The van der Waals surface area contributed by atoms with Crippen LogP contribution in [0.4, 0.5) is 0 Å². The smallest absolute Gasteiger partial charge is 0.231 e. The number of carbonyl (C=O) groups is 2. The van der Waals surface area contributed by atoms with Crippen molar-refractivity contribution < 1.29 is 9.59 Å². The Morgan fingerprint density at radius 2 is 2.12 bits per heavy atom. The molecule has 92 valence electrons. The molecule has 1 atom stereocenters. The zero-order chi connectivity index (χ0) is 13.0. The van der Waals surface area contributed by atoms with Crippen molar-refractivity contribution in [2.24, 2.45) is 5.73 Å². The second kappa shape index (κ2) is 5.80. The minimum Gasteiger partial charge on any atom is -0.369 e. The Bertz CT molecular complexity index is 434. The van der Waals surface area contributed by atoms with Crippen LogP contribution in [-0.4, -0.2) is 36.2 Å². The fourth-order valence-electron chi connectivity index (χ4n) is 1.47. The molecule has 5 heteroatoms. The van der Waals surface area contributed by atoms with E-state index >= 15 is 0 Å². The third-order valence-corrected chi connectivity index (χ3v) is 2.79. The van der Waals surface area contributed by atoms with Crippen LogP contribution in [0.15, 0.2) is 24.3 Å². The van der Waals surface area contributed by atoms with Gasteiger partial charge in [0, 0.05) is 10.6 Å². The lowest BCUT2D eigenvalue weighted by Crippen LogP contribution is -2.41. The quantitative estimate of drug-likeness (QED) is 0.807. The van der Waals surface area contributed by atoms with E-state index in [1.165, 1.54) is 0 Å². The predicted molar refractivity (Wildman–Crippen MR) is 67.1 cm³/mol. The van der Waals surface area contributed by atoms with Gasteiger partial charge in [0.05, 0.1) is 12.6 Å². The average Bonchev–Trinajstić information content (AvgIpc) is 2.26. The lowest BCUT2D eigenvalue weighted by atomic mass is 10.0. The number of halogens is 1. The summed E-state index contributed by atoms with van der Waals surface area (Å²) in [6.07, 6.45) is 0. The molecule has 1 aromatic rings. The van der Waals surface area contributed by atoms with Crippen LogP contribution < -0.4 is 5.73 Å². The Kier molecular flexibility index (Phi) is 4.66. The summed E-state index contributed by atoms with van der Waals surface area (Å²) in [4.78, 5) is 24.4. The number of ketones is 1.